The molecule has 0 bridgehead atoms. The van der Waals surface area contributed by atoms with Crippen LogP contribution in [0.3, 0.4) is 0 Å². The molecule has 0 N–H and O–H groups in total. The Kier molecular flexibility index (Phi) is 5.65. The lowest BCUT2D eigenvalue weighted by atomic mass is 10.0. The summed E-state index contributed by atoms with van der Waals surface area (Å²) in [5.41, 5.74) is -0.171. The molecular formula is C19H13BrO8. The van der Waals surface area contributed by atoms with Gasteiger partial charge in [0.1, 0.15) is 16.9 Å². The van der Waals surface area contributed by atoms with Crippen molar-refractivity contribution in [2.24, 2.45) is 0 Å². The summed E-state index contributed by atoms with van der Waals surface area (Å²) in [5, 5.41) is 0.306. The highest BCUT2D eigenvalue weighted by Gasteiger charge is 2.21. The van der Waals surface area contributed by atoms with Crippen molar-refractivity contribution in [1.82, 2.24) is 0 Å². The first-order chi connectivity index (χ1) is 13.4. The second-order valence-corrected chi connectivity index (χ2v) is 6.29. The van der Waals surface area contributed by atoms with Crippen LogP contribution >= 0.6 is 15.9 Å². The molecule has 9 heteroatoms. The molecule has 0 unspecified atom stereocenters. The van der Waals surface area contributed by atoms with Crippen LogP contribution in [0.15, 0.2) is 56.1 Å². The van der Waals surface area contributed by atoms with Crippen molar-refractivity contribution in [3.8, 4) is 22.6 Å². The maximum atomic E-state index is 12.7. The summed E-state index contributed by atoms with van der Waals surface area (Å²) in [6, 6.07) is 11.0. The minimum Gasteiger partial charge on any atom is -0.437 e. The molecule has 1 aromatic heterocycles. The Morgan fingerprint density at radius 3 is 2.21 bits per heavy atom. The number of carbonyl (C=O) groups is 2. The normalized spacial score (nSPS) is 10.4. The second-order valence-electron chi connectivity index (χ2n) is 5.37. The van der Waals surface area contributed by atoms with Crippen molar-refractivity contribution in [3.05, 3.63) is 57.4 Å². The highest BCUT2D eigenvalue weighted by Crippen LogP contribution is 2.36. The third kappa shape index (κ3) is 3.99. The largest absolute Gasteiger partial charge is 0.513 e. The van der Waals surface area contributed by atoms with Gasteiger partial charge in [-0.25, -0.2) is 14.4 Å². The molecule has 0 amide bonds. The standard InChI is InChI=1S/C19H13BrO8/c1-24-18(22)26-12-7-8-13-14(9-12)27-17(21)15(16(13)28-19(23)25-2)10-3-5-11(20)6-4-10/h3-9H,1-2H3. The number of hydrogen-bond acceptors (Lipinski definition) is 8. The fraction of sp³-hybridized carbons (Fsp3) is 0.105. The molecule has 1 heterocycles. The number of carbonyl (C=O) groups excluding carboxylic acids is 2. The van der Waals surface area contributed by atoms with E-state index in [2.05, 4.69) is 25.4 Å². The maximum absolute atomic E-state index is 12.7. The van der Waals surface area contributed by atoms with Gasteiger partial charge in [-0.05, 0) is 29.8 Å². The summed E-state index contributed by atoms with van der Waals surface area (Å²) >= 11 is 3.32. The maximum Gasteiger partial charge on any atom is 0.513 e. The Morgan fingerprint density at radius 1 is 0.929 bits per heavy atom. The first-order valence-electron chi connectivity index (χ1n) is 7.81. The summed E-state index contributed by atoms with van der Waals surface area (Å²) in [6.07, 6.45) is -1.93. The van der Waals surface area contributed by atoms with E-state index in [1.54, 1.807) is 24.3 Å². The molecule has 0 aliphatic rings. The summed E-state index contributed by atoms with van der Waals surface area (Å²) in [7, 11) is 2.31. The smallest absolute Gasteiger partial charge is 0.437 e. The number of methoxy groups -OCH3 is 2. The molecular weight excluding hydrogens is 436 g/mol. The minimum absolute atomic E-state index is 0.0370. The molecule has 2 aromatic carbocycles. The van der Waals surface area contributed by atoms with Crippen LogP contribution in [0.25, 0.3) is 22.1 Å². The summed E-state index contributed by atoms with van der Waals surface area (Å²) in [5.74, 6) is 0.0490. The van der Waals surface area contributed by atoms with Gasteiger partial charge in [0, 0.05) is 10.5 Å². The lowest BCUT2D eigenvalue weighted by Gasteiger charge is -2.12. The van der Waals surface area contributed by atoms with Gasteiger partial charge in [-0.1, -0.05) is 28.1 Å². The number of halogens is 1. The van der Waals surface area contributed by atoms with Gasteiger partial charge in [-0.3, -0.25) is 0 Å². The second kappa shape index (κ2) is 8.13. The lowest BCUT2D eigenvalue weighted by molar-refractivity contribution is 0.121. The molecule has 0 aliphatic carbocycles. The SMILES string of the molecule is COC(=O)Oc1ccc2c(OC(=O)OC)c(-c3ccc(Br)cc3)c(=O)oc2c1. The van der Waals surface area contributed by atoms with Crippen LogP contribution in [0.2, 0.25) is 0 Å². The van der Waals surface area contributed by atoms with E-state index < -0.39 is 17.9 Å². The van der Waals surface area contributed by atoms with E-state index in [4.69, 9.17) is 13.9 Å². The van der Waals surface area contributed by atoms with Crippen LogP contribution < -0.4 is 15.1 Å². The molecule has 8 nitrogen and oxygen atoms in total. The van der Waals surface area contributed by atoms with Crippen molar-refractivity contribution < 1.29 is 33.0 Å². The van der Waals surface area contributed by atoms with Crippen LogP contribution in [0.4, 0.5) is 9.59 Å². The van der Waals surface area contributed by atoms with Gasteiger partial charge in [0.25, 0.3) is 0 Å². The van der Waals surface area contributed by atoms with Gasteiger partial charge in [0.05, 0.1) is 19.6 Å². The fourth-order valence-corrected chi connectivity index (χ4v) is 2.72. The van der Waals surface area contributed by atoms with Crippen LogP contribution in [0.1, 0.15) is 0 Å². The van der Waals surface area contributed by atoms with Crippen LogP contribution in [-0.2, 0) is 9.47 Å². The molecule has 0 spiro atoms. The Labute approximate surface area is 166 Å². The Morgan fingerprint density at radius 2 is 1.57 bits per heavy atom. The molecule has 0 saturated heterocycles. The van der Waals surface area contributed by atoms with Gasteiger partial charge in [-0.15, -0.1) is 0 Å². The van der Waals surface area contributed by atoms with Gasteiger partial charge in [0.2, 0.25) is 0 Å². The Balaban J connectivity index is 2.23. The van der Waals surface area contributed by atoms with E-state index in [9.17, 15) is 14.4 Å². The average Bonchev–Trinajstić information content (AvgIpc) is 2.68. The Bertz CT molecular complexity index is 1100. The molecule has 28 heavy (non-hydrogen) atoms. The van der Waals surface area contributed by atoms with Crippen molar-refractivity contribution in [3.63, 3.8) is 0 Å². The lowest BCUT2D eigenvalue weighted by Crippen LogP contribution is -2.13. The van der Waals surface area contributed by atoms with Gasteiger partial charge >= 0.3 is 17.9 Å². The molecule has 0 saturated carbocycles. The van der Waals surface area contributed by atoms with Gasteiger partial charge < -0.3 is 23.4 Å². The third-order valence-electron chi connectivity index (χ3n) is 3.68. The number of fused-ring (bicyclic) bond motifs is 1. The average molecular weight is 449 g/mol. The van der Waals surface area contributed by atoms with Crippen LogP contribution in [0, 0.1) is 0 Å². The number of benzene rings is 2. The van der Waals surface area contributed by atoms with Crippen molar-refractivity contribution in [2.45, 2.75) is 0 Å². The quantitative estimate of drug-likeness (QED) is 0.327. The molecule has 0 radical (unpaired) electrons. The first kappa shape index (κ1) is 19.4. The van der Waals surface area contributed by atoms with Crippen molar-refractivity contribution >= 4 is 39.2 Å². The van der Waals surface area contributed by atoms with E-state index in [1.165, 1.54) is 18.2 Å². The predicted molar refractivity (Wildman–Crippen MR) is 102 cm³/mol. The number of rotatable bonds is 3. The highest BCUT2D eigenvalue weighted by molar-refractivity contribution is 9.10. The molecule has 3 rings (SSSR count). The summed E-state index contributed by atoms with van der Waals surface area (Å²) < 4.78 is 25.3. The van der Waals surface area contributed by atoms with Crippen LogP contribution in [-0.4, -0.2) is 26.5 Å². The third-order valence-corrected chi connectivity index (χ3v) is 4.21. The zero-order valence-corrected chi connectivity index (χ0v) is 16.3. The predicted octanol–water partition coefficient (Wildman–Crippen LogP) is 4.51. The highest BCUT2D eigenvalue weighted by atomic mass is 79.9. The minimum atomic E-state index is -1.000. The van der Waals surface area contributed by atoms with E-state index >= 15 is 0 Å². The topological polar surface area (TPSA) is 101 Å². The van der Waals surface area contributed by atoms with Gasteiger partial charge in [-0.2, -0.15) is 0 Å². The molecule has 144 valence electrons. The zero-order valence-electron chi connectivity index (χ0n) is 14.7. The molecule has 0 aliphatic heterocycles. The zero-order chi connectivity index (χ0) is 20.3. The van der Waals surface area contributed by atoms with E-state index in [-0.39, 0.29) is 22.6 Å². The fourth-order valence-electron chi connectivity index (χ4n) is 2.45. The van der Waals surface area contributed by atoms with Crippen molar-refractivity contribution in [2.75, 3.05) is 14.2 Å². The van der Waals surface area contributed by atoms with Crippen LogP contribution in [0.5, 0.6) is 11.5 Å². The van der Waals surface area contributed by atoms with Gasteiger partial charge in [0.15, 0.2) is 5.75 Å². The number of hydrogen-bond donors (Lipinski definition) is 0. The first-order valence-corrected chi connectivity index (χ1v) is 8.60. The summed E-state index contributed by atoms with van der Waals surface area (Å²) in [6.45, 7) is 0. The van der Waals surface area contributed by atoms with Crippen molar-refractivity contribution in [1.29, 1.82) is 0 Å². The monoisotopic (exact) mass is 448 g/mol. The van der Waals surface area contributed by atoms with E-state index in [0.717, 1.165) is 18.7 Å². The summed E-state index contributed by atoms with van der Waals surface area (Å²) in [4.78, 5) is 35.7. The number of ether oxygens (including phenoxy) is 4. The molecule has 0 atom stereocenters. The molecule has 0 fully saturated rings. The molecule has 3 aromatic rings. The Hall–Kier alpha value is -3.33. The van der Waals surface area contributed by atoms with E-state index in [0.29, 0.717) is 10.9 Å². The van der Waals surface area contributed by atoms with E-state index in [1.807, 2.05) is 0 Å².